The molecule has 4 nitrogen and oxygen atoms in total. The van der Waals surface area contributed by atoms with E-state index in [4.69, 9.17) is 23.2 Å². The molecule has 1 aromatic rings. The third-order valence-corrected chi connectivity index (χ3v) is 2.60. The first-order valence-corrected chi connectivity index (χ1v) is 5.19. The van der Waals surface area contributed by atoms with Gasteiger partial charge in [0.25, 0.3) is 5.60 Å². The van der Waals surface area contributed by atoms with E-state index in [1.54, 1.807) is 0 Å². The molecule has 0 spiro atoms. The average molecular weight is 304 g/mol. The Morgan fingerprint density at radius 1 is 1.22 bits per heavy atom. The molecule has 0 saturated heterocycles. The number of hydrogen-bond acceptors (Lipinski definition) is 3. The van der Waals surface area contributed by atoms with Crippen LogP contribution in [-0.4, -0.2) is 22.8 Å². The van der Waals surface area contributed by atoms with Crippen LogP contribution in [0.2, 0.25) is 10.0 Å². The van der Waals surface area contributed by atoms with Crippen molar-refractivity contribution in [2.24, 2.45) is 0 Å². The zero-order valence-corrected chi connectivity index (χ0v) is 10.1. The van der Waals surface area contributed by atoms with Gasteiger partial charge >= 0.3 is 6.18 Å². The van der Waals surface area contributed by atoms with E-state index >= 15 is 0 Å². The first-order chi connectivity index (χ1) is 8.06. The summed E-state index contributed by atoms with van der Waals surface area (Å²) in [6.45, 7) is -1.73. The van der Waals surface area contributed by atoms with E-state index in [2.05, 4.69) is 0 Å². The molecule has 0 amide bonds. The first-order valence-electron chi connectivity index (χ1n) is 4.44. The number of hydrogen-bond donors (Lipinski definition) is 1. The molecule has 0 aliphatic rings. The van der Waals surface area contributed by atoms with Crippen LogP contribution >= 0.6 is 23.2 Å². The lowest BCUT2D eigenvalue weighted by Crippen LogP contribution is -2.47. The normalized spacial score (nSPS) is 15.2. The molecule has 18 heavy (non-hydrogen) atoms. The SMILES string of the molecule is O=[N+]([O-])CC(O)(c1cc(Cl)cc(Cl)c1)C(F)(F)F. The summed E-state index contributed by atoms with van der Waals surface area (Å²) in [4.78, 5) is 9.02. The van der Waals surface area contributed by atoms with Gasteiger partial charge in [0.05, 0.1) is 0 Å². The van der Waals surface area contributed by atoms with E-state index in [0.717, 1.165) is 18.2 Å². The van der Waals surface area contributed by atoms with Crippen LogP contribution in [0.4, 0.5) is 13.2 Å². The molecule has 0 saturated carbocycles. The van der Waals surface area contributed by atoms with E-state index in [1.807, 2.05) is 0 Å². The second-order valence-corrected chi connectivity index (χ2v) is 4.38. The van der Waals surface area contributed by atoms with Crippen LogP contribution in [0.3, 0.4) is 0 Å². The molecule has 0 aromatic heterocycles. The number of benzene rings is 1. The van der Waals surface area contributed by atoms with Crippen LogP contribution in [0.15, 0.2) is 18.2 Å². The first kappa shape index (κ1) is 15.0. The summed E-state index contributed by atoms with van der Waals surface area (Å²) in [7, 11) is 0. The molecule has 1 rings (SSSR count). The standard InChI is InChI=1S/C9H6Cl2F3NO3/c10-6-1-5(2-7(11)3-6)8(16,4-15(17)18)9(12,13)14/h1-3,16H,4H2. The molecule has 0 aliphatic carbocycles. The zero-order valence-electron chi connectivity index (χ0n) is 8.54. The quantitative estimate of drug-likeness (QED) is 0.689. The Kier molecular flexibility index (Phi) is 4.09. The van der Waals surface area contributed by atoms with Gasteiger partial charge in [-0.1, -0.05) is 23.2 Å². The third-order valence-electron chi connectivity index (χ3n) is 2.17. The lowest BCUT2D eigenvalue weighted by molar-refractivity contribution is -0.519. The van der Waals surface area contributed by atoms with Gasteiger partial charge in [-0.2, -0.15) is 13.2 Å². The highest BCUT2D eigenvalue weighted by atomic mass is 35.5. The minimum atomic E-state index is -5.23. The molecule has 9 heteroatoms. The summed E-state index contributed by atoms with van der Waals surface area (Å²) in [5, 5.41) is 19.5. The van der Waals surface area contributed by atoms with Gasteiger partial charge in [0.15, 0.2) is 0 Å². The van der Waals surface area contributed by atoms with Crippen LogP contribution in [0.1, 0.15) is 5.56 Å². The highest BCUT2D eigenvalue weighted by Crippen LogP contribution is 2.40. The highest BCUT2D eigenvalue weighted by molar-refractivity contribution is 6.34. The van der Waals surface area contributed by atoms with Crippen LogP contribution < -0.4 is 0 Å². The second kappa shape index (κ2) is 4.91. The maximum Gasteiger partial charge on any atom is 0.428 e. The number of aliphatic hydroxyl groups is 1. The monoisotopic (exact) mass is 303 g/mol. The molecule has 0 bridgehead atoms. The topological polar surface area (TPSA) is 63.4 Å². The number of halogens is 5. The number of nitro groups is 1. The summed E-state index contributed by atoms with van der Waals surface area (Å²) in [6, 6.07) is 2.71. The molecule has 1 aromatic carbocycles. The predicted molar refractivity (Wildman–Crippen MR) is 58.3 cm³/mol. The smallest absolute Gasteiger partial charge is 0.371 e. The van der Waals surface area contributed by atoms with Crippen LogP contribution in [0.5, 0.6) is 0 Å². The van der Waals surface area contributed by atoms with E-state index in [0.29, 0.717) is 0 Å². The minimum Gasteiger partial charge on any atom is -0.371 e. The van der Waals surface area contributed by atoms with Gasteiger partial charge in [0.2, 0.25) is 6.54 Å². The Bertz CT molecular complexity index is 460. The van der Waals surface area contributed by atoms with Gasteiger partial charge in [-0.25, -0.2) is 0 Å². The molecule has 1 N–H and O–H groups in total. The van der Waals surface area contributed by atoms with Crippen molar-refractivity contribution in [3.05, 3.63) is 43.9 Å². The van der Waals surface area contributed by atoms with Gasteiger partial charge < -0.3 is 5.11 Å². The van der Waals surface area contributed by atoms with E-state index in [1.165, 1.54) is 0 Å². The molecular formula is C9H6Cl2F3NO3. The Morgan fingerprint density at radius 3 is 2.00 bits per heavy atom. The van der Waals surface area contributed by atoms with Crippen molar-refractivity contribution < 1.29 is 23.2 Å². The summed E-state index contributed by atoms with van der Waals surface area (Å²) in [6.07, 6.45) is -5.23. The van der Waals surface area contributed by atoms with Crippen molar-refractivity contribution in [1.82, 2.24) is 0 Å². The molecule has 1 unspecified atom stereocenters. The van der Waals surface area contributed by atoms with Crippen LogP contribution in [0.25, 0.3) is 0 Å². The number of rotatable bonds is 3. The number of nitrogens with zero attached hydrogens (tertiary/aromatic N) is 1. The van der Waals surface area contributed by atoms with Crippen molar-refractivity contribution >= 4 is 23.2 Å². The summed E-state index contributed by atoms with van der Waals surface area (Å²) in [5.41, 5.74) is -4.41. The van der Waals surface area contributed by atoms with Crippen LogP contribution in [0, 0.1) is 10.1 Å². The Morgan fingerprint density at radius 2 is 1.67 bits per heavy atom. The van der Waals surface area contributed by atoms with E-state index in [-0.39, 0.29) is 10.0 Å². The Balaban J connectivity index is 3.39. The Labute approximate surface area is 109 Å². The molecule has 1 atom stereocenters. The van der Waals surface area contributed by atoms with Gasteiger partial charge in [-0.15, -0.1) is 0 Å². The summed E-state index contributed by atoms with van der Waals surface area (Å²) < 4.78 is 38.3. The molecule has 100 valence electrons. The molecule has 0 radical (unpaired) electrons. The predicted octanol–water partition coefficient (Wildman–Crippen LogP) is 3.02. The van der Waals surface area contributed by atoms with Crippen LogP contribution in [-0.2, 0) is 5.60 Å². The van der Waals surface area contributed by atoms with Crippen molar-refractivity contribution in [2.75, 3.05) is 6.54 Å². The third kappa shape index (κ3) is 3.04. The fourth-order valence-electron chi connectivity index (χ4n) is 1.32. The van der Waals surface area contributed by atoms with E-state index in [9.17, 15) is 28.4 Å². The fourth-order valence-corrected chi connectivity index (χ4v) is 1.85. The fraction of sp³-hybridized carbons (Fsp3) is 0.333. The number of alkyl halides is 3. The lowest BCUT2D eigenvalue weighted by Gasteiger charge is -2.27. The molecule has 0 heterocycles. The second-order valence-electron chi connectivity index (χ2n) is 3.51. The van der Waals surface area contributed by atoms with Gasteiger partial charge in [0.1, 0.15) is 0 Å². The lowest BCUT2D eigenvalue weighted by atomic mass is 9.93. The van der Waals surface area contributed by atoms with Crippen molar-refractivity contribution in [3.63, 3.8) is 0 Å². The summed E-state index contributed by atoms with van der Waals surface area (Å²) >= 11 is 11.0. The van der Waals surface area contributed by atoms with Crippen molar-refractivity contribution in [2.45, 2.75) is 11.8 Å². The van der Waals surface area contributed by atoms with Crippen molar-refractivity contribution in [1.29, 1.82) is 0 Å². The zero-order chi connectivity index (χ0) is 14.1. The van der Waals surface area contributed by atoms with Gasteiger partial charge in [-0.05, 0) is 18.2 Å². The average Bonchev–Trinajstić information content (AvgIpc) is 2.12. The minimum absolute atomic E-state index is 0.163. The maximum atomic E-state index is 12.8. The molecule has 0 fully saturated rings. The Hall–Kier alpha value is -1.05. The molecule has 0 aliphatic heterocycles. The summed E-state index contributed by atoms with van der Waals surface area (Å²) in [5.74, 6) is 0. The van der Waals surface area contributed by atoms with Crippen molar-refractivity contribution in [3.8, 4) is 0 Å². The molecular weight excluding hydrogens is 298 g/mol. The van der Waals surface area contributed by atoms with Gasteiger partial charge in [0, 0.05) is 20.5 Å². The van der Waals surface area contributed by atoms with E-state index < -0.39 is 28.8 Å². The van der Waals surface area contributed by atoms with Gasteiger partial charge in [-0.3, -0.25) is 10.1 Å². The highest BCUT2D eigenvalue weighted by Gasteiger charge is 2.59. The largest absolute Gasteiger partial charge is 0.428 e. The maximum absolute atomic E-state index is 12.8.